The highest BCUT2D eigenvalue weighted by Gasteiger charge is 2.07. The summed E-state index contributed by atoms with van der Waals surface area (Å²) in [6.07, 6.45) is 5.13. The Hall–Kier alpha value is -3.77. The number of carbonyl (C=O) groups excluding carboxylic acids is 1. The van der Waals surface area contributed by atoms with E-state index in [-0.39, 0.29) is 5.91 Å². The quantitative estimate of drug-likeness (QED) is 0.481. The molecule has 0 saturated heterocycles. The van der Waals surface area contributed by atoms with Gasteiger partial charge in [0.15, 0.2) is 0 Å². The van der Waals surface area contributed by atoms with E-state index >= 15 is 0 Å². The van der Waals surface area contributed by atoms with Gasteiger partial charge < -0.3 is 10.6 Å². The zero-order chi connectivity index (χ0) is 20.1. The monoisotopic (exact) mass is 401 g/mol. The van der Waals surface area contributed by atoms with Gasteiger partial charge in [0.2, 0.25) is 5.95 Å². The van der Waals surface area contributed by atoms with Gasteiger partial charge in [0.1, 0.15) is 0 Å². The van der Waals surface area contributed by atoms with Crippen molar-refractivity contribution in [2.24, 2.45) is 0 Å². The normalized spacial score (nSPS) is 10.4. The van der Waals surface area contributed by atoms with Crippen molar-refractivity contribution in [2.45, 2.75) is 0 Å². The van der Waals surface area contributed by atoms with Crippen molar-refractivity contribution in [2.75, 3.05) is 10.6 Å². The van der Waals surface area contributed by atoms with E-state index in [9.17, 15) is 4.79 Å². The van der Waals surface area contributed by atoms with Crippen LogP contribution in [0.5, 0.6) is 0 Å². The predicted octanol–water partition coefficient (Wildman–Crippen LogP) is 5.19. The fraction of sp³-hybridized carbons (Fsp3) is 0. The first-order valence-corrected chi connectivity index (χ1v) is 9.23. The number of halogens is 1. The second-order valence-corrected chi connectivity index (χ2v) is 6.60. The van der Waals surface area contributed by atoms with E-state index in [2.05, 4.69) is 25.6 Å². The van der Waals surface area contributed by atoms with Gasteiger partial charge in [-0.15, -0.1) is 0 Å². The Balaban J connectivity index is 1.49. The fourth-order valence-electron chi connectivity index (χ4n) is 2.71. The third-order valence-corrected chi connectivity index (χ3v) is 4.37. The molecule has 2 aromatic heterocycles. The molecule has 0 fully saturated rings. The van der Waals surface area contributed by atoms with Crippen LogP contribution in [0, 0.1) is 0 Å². The maximum Gasteiger partial charge on any atom is 0.255 e. The first-order chi connectivity index (χ1) is 14.2. The molecule has 0 aliphatic heterocycles. The summed E-state index contributed by atoms with van der Waals surface area (Å²) in [7, 11) is 0. The lowest BCUT2D eigenvalue weighted by Crippen LogP contribution is -2.11. The van der Waals surface area contributed by atoms with Crippen molar-refractivity contribution in [1.82, 2.24) is 15.0 Å². The Morgan fingerprint density at radius 3 is 2.41 bits per heavy atom. The molecule has 4 rings (SSSR count). The highest BCUT2D eigenvalue weighted by molar-refractivity contribution is 6.30. The predicted molar refractivity (Wildman–Crippen MR) is 114 cm³/mol. The minimum absolute atomic E-state index is 0.213. The van der Waals surface area contributed by atoms with E-state index in [1.54, 1.807) is 42.9 Å². The van der Waals surface area contributed by atoms with Crippen LogP contribution in [-0.4, -0.2) is 20.9 Å². The fourth-order valence-corrected chi connectivity index (χ4v) is 2.84. The van der Waals surface area contributed by atoms with Gasteiger partial charge in [-0.25, -0.2) is 9.97 Å². The van der Waals surface area contributed by atoms with Gasteiger partial charge in [0.25, 0.3) is 5.91 Å². The molecule has 2 heterocycles. The number of benzene rings is 2. The molecule has 29 heavy (non-hydrogen) atoms. The van der Waals surface area contributed by atoms with E-state index in [1.165, 1.54) is 0 Å². The number of rotatable bonds is 5. The molecule has 6 nitrogen and oxygen atoms in total. The summed E-state index contributed by atoms with van der Waals surface area (Å²) in [6.45, 7) is 0. The summed E-state index contributed by atoms with van der Waals surface area (Å²) in [5, 5.41) is 6.62. The number of aromatic nitrogens is 3. The molecule has 0 unspecified atom stereocenters. The Kier molecular flexibility index (Phi) is 5.45. The molecule has 0 saturated carbocycles. The lowest BCUT2D eigenvalue weighted by Gasteiger charge is -2.10. The minimum atomic E-state index is -0.213. The van der Waals surface area contributed by atoms with Crippen LogP contribution in [0.1, 0.15) is 10.4 Å². The van der Waals surface area contributed by atoms with Gasteiger partial charge in [-0.3, -0.25) is 9.78 Å². The van der Waals surface area contributed by atoms with Gasteiger partial charge in [-0.1, -0.05) is 17.7 Å². The standard InChI is InChI=1S/C22H16ClN5O/c23-17-6-4-16(5-7-17)21(29)26-18-2-1-3-19(14-18)27-22-25-13-10-20(28-22)15-8-11-24-12-9-15/h1-14H,(H,26,29)(H,25,27,28). The molecule has 0 aliphatic rings. The summed E-state index contributed by atoms with van der Waals surface area (Å²) >= 11 is 5.87. The van der Waals surface area contributed by atoms with E-state index < -0.39 is 0 Å². The second-order valence-electron chi connectivity index (χ2n) is 6.17. The van der Waals surface area contributed by atoms with E-state index in [1.807, 2.05) is 42.5 Å². The van der Waals surface area contributed by atoms with Crippen molar-refractivity contribution in [3.8, 4) is 11.3 Å². The van der Waals surface area contributed by atoms with Crippen LogP contribution in [0.15, 0.2) is 85.3 Å². The molecule has 4 aromatic rings. The van der Waals surface area contributed by atoms with Crippen LogP contribution in [0.3, 0.4) is 0 Å². The number of nitrogens with zero attached hydrogens (tertiary/aromatic N) is 3. The number of carbonyl (C=O) groups is 1. The molecule has 0 bridgehead atoms. The van der Waals surface area contributed by atoms with Gasteiger partial charge in [-0.05, 0) is 60.7 Å². The number of hydrogen-bond acceptors (Lipinski definition) is 5. The Bertz CT molecular complexity index is 1130. The van der Waals surface area contributed by atoms with Crippen molar-refractivity contribution in [3.63, 3.8) is 0 Å². The number of pyridine rings is 1. The van der Waals surface area contributed by atoms with E-state index in [0.29, 0.717) is 22.2 Å². The lowest BCUT2D eigenvalue weighted by molar-refractivity contribution is 0.102. The first-order valence-electron chi connectivity index (χ1n) is 8.85. The number of anilines is 3. The molecular formula is C22H16ClN5O. The van der Waals surface area contributed by atoms with Crippen LogP contribution in [0.25, 0.3) is 11.3 Å². The van der Waals surface area contributed by atoms with Crippen LogP contribution in [-0.2, 0) is 0 Å². The molecule has 1 amide bonds. The highest BCUT2D eigenvalue weighted by atomic mass is 35.5. The Morgan fingerprint density at radius 1 is 0.862 bits per heavy atom. The summed E-state index contributed by atoms with van der Waals surface area (Å²) in [5.74, 6) is 0.246. The van der Waals surface area contributed by atoms with Crippen molar-refractivity contribution < 1.29 is 4.79 Å². The van der Waals surface area contributed by atoms with Gasteiger partial charge in [-0.2, -0.15) is 0 Å². The summed E-state index contributed by atoms with van der Waals surface area (Å²) in [6, 6.07) is 19.7. The summed E-state index contributed by atoms with van der Waals surface area (Å²) in [5.41, 5.74) is 3.68. The van der Waals surface area contributed by atoms with Gasteiger partial charge in [0, 0.05) is 46.1 Å². The molecule has 2 aromatic carbocycles. The zero-order valence-corrected chi connectivity index (χ0v) is 16.0. The van der Waals surface area contributed by atoms with Crippen LogP contribution in [0.2, 0.25) is 5.02 Å². The topological polar surface area (TPSA) is 79.8 Å². The zero-order valence-electron chi connectivity index (χ0n) is 15.2. The SMILES string of the molecule is O=C(Nc1cccc(Nc2nccc(-c3ccncc3)n2)c1)c1ccc(Cl)cc1. The van der Waals surface area contributed by atoms with Crippen molar-refractivity contribution in [1.29, 1.82) is 0 Å². The maximum atomic E-state index is 12.4. The molecule has 0 aliphatic carbocycles. The molecule has 0 atom stereocenters. The van der Waals surface area contributed by atoms with E-state index in [4.69, 9.17) is 11.6 Å². The highest BCUT2D eigenvalue weighted by Crippen LogP contribution is 2.21. The lowest BCUT2D eigenvalue weighted by atomic mass is 10.2. The minimum Gasteiger partial charge on any atom is -0.324 e. The first kappa shape index (κ1) is 18.6. The summed E-state index contributed by atoms with van der Waals surface area (Å²) < 4.78 is 0. The van der Waals surface area contributed by atoms with Gasteiger partial charge >= 0.3 is 0 Å². The largest absolute Gasteiger partial charge is 0.324 e. The Labute approximate surface area is 172 Å². The molecule has 7 heteroatoms. The van der Waals surface area contributed by atoms with Crippen molar-refractivity contribution in [3.05, 3.63) is 95.9 Å². The molecule has 142 valence electrons. The number of amides is 1. The average molecular weight is 402 g/mol. The van der Waals surface area contributed by atoms with E-state index in [0.717, 1.165) is 16.9 Å². The third kappa shape index (κ3) is 4.75. The van der Waals surface area contributed by atoms with Crippen LogP contribution < -0.4 is 10.6 Å². The van der Waals surface area contributed by atoms with Crippen LogP contribution >= 0.6 is 11.6 Å². The number of hydrogen-bond donors (Lipinski definition) is 2. The smallest absolute Gasteiger partial charge is 0.255 e. The Morgan fingerprint density at radius 2 is 1.62 bits per heavy atom. The third-order valence-electron chi connectivity index (χ3n) is 4.11. The number of nitrogens with one attached hydrogen (secondary N) is 2. The maximum absolute atomic E-state index is 12.4. The molecule has 0 radical (unpaired) electrons. The van der Waals surface area contributed by atoms with Crippen LogP contribution in [0.4, 0.5) is 17.3 Å². The molecular weight excluding hydrogens is 386 g/mol. The molecule has 2 N–H and O–H groups in total. The molecule has 0 spiro atoms. The average Bonchev–Trinajstić information content (AvgIpc) is 2.75. The van der Waals surface area contributed by atoms with Gasteiger partial charge in [0.05, 0.1) is 5.69 Å². The summed E-state index contributed by atoms with van der Waals surface area (Å²) in [4.78, 5) is 25.2. The second kappa shape index (κ2) is 8.50. The van der Waals surface area contributed by atoms with Crippen molar-refractivity contribution >= 4 is 34.8 Å².